The minimum absolute atomic E-state index is 0.206. The number of carbonyl (C=O) groups is 1. The van der Waals surface area contributed by atoms with Crippen LogP contribution in [0.4, 0.5) is 23.0 Å². The van der Waals surface area contributed by atoms with Crippen LogP contribution in [-0.2, 0) is 0 Å². The molecule has 27 heavy (non-hydrogen) atoms. The van der Waals surface area contributed by atoms with Gasteiger partial charge in [0.05, 0.1) is 10.7 Å². The zero-order valence-electron chi connectivity index (χ0n) is 14.3. The molecule has 3 rings (SSSR count). The van der Waals surface area contributed by atoms with Crippen LogP contribution in [0.1, 0.15) is 15.9 Å². The summed E-state index contributed by atoms with van der Waals surface area (Å²) in [5.74, 6) is 0.243. The van der Waals surface area contributed by atoms with E-state index in [0.29, 0.717) is 27.1 Å². The molecular formula is C18H16Cl2N6O. The third kappa shape index (κ3) is 4.58. The molecule has 0 atom stereocenters. The summed E-state index contributed by atoms with van der Waals surface area (Å²) in [6, 6.07) is 12.1. The minimum atomic E-state index is -0.319. The van der Waals surface area contributed by atoms with E-state index in [-0.39, 0.29) is 17.4 Å². The average molecular weight is 403 g/mol. The van der Waals surface area contributed by atoms with Crippen LogP contribution in [0.5, 0.6) is 0 Å². The highest BCUT2D eigenvalue weighted by atomic mass is 35.5. The van der Waals surface area contributed by atoms with Crippen molar-refractivity contribution in [3.8, 4) is 0 Å². The van der Waals surface area contributed by atoms with E-state index < -0.39 is 0 Å². The van der Waals surface area contributed by atoms with Gasteiger partial charge in [0.15, 0.2) is 11.6 Å². The van der Waals surface area contributed by atoms with Crippen LogP contribution in [0.15, 0.2) is 48.8 Å². The van der Waals surface area contributed by atoms with Crippen LogP contribution < -0.4 is 21.9 Å². The van der Waals surface area contributed by atoms with Gasteiger partial charge in [0.1, 0.15) is 12.0 Å². The number of nitrogen functional groups attached to an aromatic ring is 1. The number of hydrogen-bond donors (Lipinski definition) is 4. The molecule has 0 aliphatic heterocycles. The van der Waals surface area contributed by atoms with Crippen molar-refractivity contribution in [2.75, 3.05) is 16.5 Å². The van der Waals surface area contributed by atoms with Crippen LogP contribution in [-0.4, -0.2) is 15.9 Å². The van der Waals surface area contributed by atoms with Crippen molar-refractivity contribution in [3.05, 3.63) is 70.0 Å². The molecule has 7 nitrogen and oxygen atoms in total. The maximum Gasteiger partial charge on any atom is 0.269 e. The molecule has 138 valence electrons. The summed E-state index contributed by atoms with van der Waals surface area (Å²) in [4.78, 5) is 20.3. The highest BCUT2D eigenvalue weighted by Crippen LogP contribution is 2.31. The number of aryl methyl sites for hydroxylation is 1. The van der Waals surface area contributed by atoms with E-state index in [1.165, 1.54) is 6.33 Å². The fourth-order valence-electron chi connectivity index (χ4n) is 2.21. The van der Waals surface area contributed by atoms with Gasteiger partial charge in [-0.25, -0.2) is 9.97 Å². The lowest BCUT2D eigenvalue weighted by Gasteiger charge is -2.14. The van der Waals surface area contributed by atoms with Crippen molar-refractivity contribution in [1.82, 2.24) is 15.4 Å². The number of amides is 1. The molecule has 0 aliphatic rings. The quantitative estimate of drug-likeness (QED) is 0.477. The van der Waals surface area contributed by atoms with E-state index in [2.05, 4.69) is 26.1 Å². The number of carbonyl (C=O) groups excluding carboxylic acids is 1. The van der Waals surface area contributed by atoms with Gasteiger partial charge in [-0.3, -0.25) is 15.6 Å². The molecule has 5 N–H and O–H groups in total. The molecule has 9 heteroatoms. The van der Waals surface area contributed by atoms with Crippen LogP contribution in [0.3, 0.4) is 0 Å². The molecule has 0 unspecified atom stereocenters. The summed E-state index contributed by atoms with van der Waals surface area (Å²) in [6.45, 7) is 1.95. The van der Waals surface area contributed by atoms with Gasteiger partial charge in [0.2, 0.25) is 0 Å². The summed E-state index contributed by atoms with van der Waals surface area (Å²) < 4.78 is 0. The number of aromatic nitrogens is 2. The maximum absolute atomic E-state index is 12.2. The Bertz CT molecular complexity index is 978. The van der Waals surface area contributed by atoms with Gasteiger partial charge in [-0.15, -0.1) is 0 Å². The number of nitrogens with zero attached hydrogens (tertiary/aromatic N) is 2. The normalized spacial score (nSPS) is 10.3. The zero-order valence-corrected chi connectivity index (χ0v) is 15.8. The van der Waals surface area contributed by atoms with Crippen LogP contribution in [0.2, 0.25) is 10.0 Å². The first kappa shape index (κ1) is 18.8. The molecular weight excluding hydrogens is 387 g/mol. The molecule has 0 radical (unpaired) electrons. The Morgan fingerprint density at radius 2 is 1.74 bits per heavy atom. The van der Waals surface area contributed by atoms with Gasteiger partial charge >= 0.3 is 0 Å². The molecule has 0 aliphatic carbocycles. The standard InChI is InChI=1S/C18H16Cl2N6O/c1-10-2-4-11(5-3-10)18(27)26-25-17-15(21)16(22-9-23-17)24-14-8-12(19)6-7-13(14)20/h2-9H,21H2,1H3,(H,26,27)(H2,22,23,24,25). The van der Waals surface area contributed by atoms with Gasteiger partial charge in [-0.1, -0.05) is 40.9 Å². The lowest BCUT2D eigenvalue weighted by molar-refractivity contribution is 0.0962. The molecule has 2 aromatic carbocycles. The van der Waals surface area contributed by atoms with E-state index in [1.807, 2.05) is 19.1 Å². The van der Waals surface area contributed by atoms with Gasteiger partial charge in [-0.2, -0.15) is 0 Å². The van der Waals surface area contributed by atoms with E-state index in [9.17, 15) is 4.79 Å². The fraction of sp³-hybridized carbons (Fsp3) is 0.0556. The first-order valence-corrected chi connectivity index (χ1v) is 8.65. The highest BCUT2D eigenvalue weighted by molar-refractivity contribution is 6.35. The molecule has 1 amide bonds. The molecule has 1 aromatic heterocycles. The summed E-state index contributed by atoms with van der Waals surface area (Å²) in [5.41, 5.74) is 13.7. The van der Waals surface area contributed by atoms with Gasteiger partial charge in [-0.05, 0) is 37.3 Å². The zero-order chi connectivity index (χ0) is 19.4. The lowest BCUT2D eigenvalue weighted by Crippen LogP contribution is -2.30. The van der Waals surface area contributed by atoms with Gasteiger partial charge < -0.3 is 11.1 Å². The number of hydrazine groups is 1. The highest BCUT2D eigenvalue weighted by Gasteiger charge is 2.12. The molecule has 0 fully saturated rings. The molecule has 1 heterocycles. The summed E-state index contributed by atoms with van der Waals surface area (Å²) >= 11 is 12.1. The Hall–Kier alpha value is -3.03. The Labute approximate surface area is 165 Å². The molecule has 0 spiro atoms. The number of halogens is 2. The second kappa shape index (κ2) is 8.11. The Kier molecular flexibility index (Phi) is 5.63. The SMILES string of the molecule is Cc1ccc(C(=O)NNc2ncnc(Nc3cc(Cl)ccc3Cl)c2N)cc1. The number of nitrogens with two attached hydrogens (primary N) is 1. The smallest absolute Gasteiger partial charge is 0.269 e. The third-order valence-electron chi connectivity index (χ3n) is 3.67. The maximum atomic E-state index is 12.2. The van der Waals surface area contributed by atoms with Crippen molar-refractivity contribution in [1.29, 1.82) is 0 Å². The molecule has 3 aromatic rings. The van der Waals surface area contributed by atoms with Gasteiger partial charge in [0.25, 0.3) is 5.91 Å². The number of anilines is 4. The van der Waals surface area contributed by atoms with Crippen molar-refractivity contribution >= 4 is 52.1 Å². The molecule has 0 saturated heterocycles. The third-order valence-corrected chi connectivity index (χ3v) is 4.24. The Morgan fingerprint density at radius 1 is 1.04 bits per heavy atom. The largest absolute Gasteiger partial charge is 0.393 e. The number of hydrogen-bond acceptors (Lipinski definition) is 6. The first-order valence-electron chi connectivity index (χ1n) is 7.89. The van der Waals surface area contributed by atoms with Crippen molar-refractivity contribution in [2.45, 2.75) is 6.92 Å². The predicted molar refractivity (Wildman–Crippen MR) is 108 cm³/mol. The van der Waals surface area contributed by atoms with Crippen molar-refractivity contribution in [3.63, 3.8) is 0 Å². The predicted octanol–water partition coefficient (Wildman–Crippen LogP) is 4.17. The van der Waals surface area contributed by atoms with Crippen LogP contribution in [0.25, 0.3) is 0 Å². The minimum Gasteiger partial charge on any atom is -0.393 e. The topological polar surface area (TPSA) is 105 Å². The first-order chi connectivity index (χ1) is 12.9. The van der Waals surface area contributed by atoms with Gasteiger partial charge in [0, 0.05) is 10.6 Å². The van der Waals surface area contributed by atoms with E-state index in [1.54, 1.807) is 30.3 Å². The van der Waals surface area contributed by atoms with E-state index >= 15 is 0 Å². The molecule has 0 bridgehead atoms. The fourth-order valence-corrected chi connectivity index (χ4v) is 2.55. The number of rotatable bonds is 5. The summed E-state index contributed by atoms with van der Waals surface area (Å²) in [7, 11) is 0. The van der Waals surface area contributed by atoms with Crippen molar-refractivity contribution in [2.24, 2.45) is 0 Å². The van der Waals surface area contributed by atoms with Crippen LogP contribution in [0, 0.1) is 6.92 Å². The van der Waals surface area contributed by atoms with Crippen molar-refractivity contribution < 1.29 is 4.79 Å². The van der Waals surface area contributed by atoms with E-state index in [4.69, 9.17) is 28.9 Å². The lowest BCUT2D eigenvalue weighted by atomic mass is 10.1. The number of nitrogens with one attached hydrogen (secondary N) is 3. The summed E-state index contributed by atoms with van der Waals surface area (Å²) in [6.07, 6.45) is 1.30. The Morgan fingerprint density at radius 3 is 2.48 bits per heavy atom. The molecule has 0 saturated carbocycles. The summed E-state index contributed by atoms with van der Waals surface area (Å²) in [5, 5.41) is 3.97. The Balaban J connectivity index is 1.74. The second-order valence-corrected chi connectivity index (χ2v) is 6.52. The monoisotopic (exact) mass is 402 g/mol. The second-order valence-electron chi connectivity index (χ2n) is 5.68. The number of benzene rings is 2. The van der Waals surface area contributed by atoms with Crippen LogP contribution >= 0.6 is 23.2 Å². The average Bonchev–Trinajstić information content (AvgIpc) is 2.65. The van der Waals surface area contributed by atoms with E-state index in [0.717, 1.165) is 5.56 Å².